The number of hydrogen-bond donors (Lipinski definition) is 1. The third-order valence-electron chi connectivity index (χ3n) is 2.51. The summed E-state index contributed by atoms with van der Waals surface area (Å²) in [6.07, 6.45) is -4.35. The molecule has 0 saturated carbocycles. The average molecular weight is 413 g/mol. The van der Waals surface area contributed by atoms with Gasteiger partial charge in [0.25, 0.3) is 0 Å². The number of hydrogen-bond acceptors (Lipinski definition) is 3. The van der Waals surface area contributed by atoms with Crippen LogP contribution in [0.5, 0.6) is 5.75 Å². The van der Waals surface area contributed by atoms with Crippen LogP contribution in [0.4, 0.5) is 26.3 Å². The van der Waals surface area contributed by atoms with Gasteiger partial charge in [-0.05, 0) is 12.1 Å². The zero-order chi connectivity index (χ0) is 18.3. The number of halogens is 8. The Balaban J connectivity index is 2.52. The van der Waals surface area contributed by atoms with Crippen molar-refractivity contribution in [3.63, 3.8) is 0 Å². The van der Waals surface area contributed by atoms with Crippen LogP contribution in [0.1, 0.15) is 0 Å². The van der Waals surface area contributed by atoms with E-state index in [9.17, 15) is 30.6 Å². The van der Waals surface area contributed by atoms with E-state index < -0.39 is 49.1 Å². The summed E-state index contributed by atoms with van der Waals surface area (Å²) in [7, 11) is -3.44. The second-order valence-electron chi connectivity index (χ2n) is 4.13. The summed E-state index contributed by atoms with van der Waals surface area (Å²) in [4.78, 5) is -0.768. The van der Waals surface area contributed by atoms with E-state index in [1.165, 1.54) is 0 Å². The summed E-state index contributed by atoms with van der Waals surface area (Å²) in [6.45, 7) is 0. The third-order valence-corrected chi connectivity index (χ3v) is 4.24. The summed E-state index contributed by atoms with van der Waals surface area (Å²) in [5.41, 5.74) is -5.80. The maximum atomic E-state index is 12.6. The molecule has 132 valence electrons. The van der Waals surface area contributed by atoms with Gasteiger partial charge < -0.3 is 4.74 Å². The molecule has 1 aromatic carbocycles. The van der Waals surface area contributed by atoms with Gasteiger partial charge in [-0.25, -0.2) is 4.21 Å². The number of benzene rings is 1. The number of H-pyrrole nitrogens is 1. The first-order valence-electron chi connectivity index (χ1n) is 5.67. The molecule has 1 unspecified atom stereocenters. The normalized spacial score (nSPS) is 13.8. The highest BCUT2D eigenvalue weighted by Crippen LogP contribution is 2.41. The Morgan fingerprint density at radius 2 is 1.62 bits per heavy atom. The lowest BCUT2D eigenvalue weighted by atomic mass is 10.1. The first-order valence-corrected chi connectivity index (χ1v) is 7.58. The predicted molar refractivity (Wildman–Crippen MR) is 73.2 cm³/mol. The van der Waals surface area contributed by atoms with Crippen LogP contribution in [0.25, 0.3) is 11.3 Å². The Morgan fingerprint density at radius 3 is 2.08 bits per heavy atom. The van der Waals surface area contributed by atoms with Gasteiger partial charge in [-0.15, -0.1) is 13.2 Å². The standard InChI is InChI=1S/C11H4Cl2F6N2O2S/c12-5-1-4(23-10(14,15)16)2-6(13)8(5)9-7(3-20-21-9)24(22)11(17,18)19/h1-3H,(H,20,21). The fraction of sp³-hybridized carbons (Fsp3) is 0.182. The number of alkyl halides is 6. The van der Waals surface area contributed by atoms with E-state index in [2.05, 4.69) is 14.9 Å². The molecule has 0 amide bonds. The maximum absolute atomic E-state index is 12.6. The SMILES string of the molecule is O=S(c1cn[nH]c1-c1c(Cl)cc(OC(F)(F)F)cc1Cl)C(F)(F)F. The van der Waals surface area contributed by atoms with Gasteiger partial charge in [0.05, 0.1) is 26.8 Å². The van der Waals surface area contributed by atoms with Crippen molar-refractivity contribution in [1.29, 1.82) is 0 Å². The van der Waals surface area contributed by atoms with Crippen LogP contribution in [-0.4, -0.2) is 26.3 Å². The minimum atomic E-state index is -5.07. The Hall–Kier alpha value is -1.46. The summed E-state index contributed by atoms with van der Waals surface area (Å²) in [5.74, 6) is -0.765. The molecule has 2 aromatic rings. The van der Waals surface area contributed by atoms with E-state index in [-0.39, 0.29) is 5.56 Å². The smallest absolute Gasteiger partial charge is 0.406 e. The molecule has 2 rings (SSSR count). The quantitative estimate of drug-likeness (QED) is 0.728. The molecule has 0 saturated heterocycles. The predicted octanol–water partition coefficient (Wildman–Crippen LogP) is 4.91. The number of aromatic nitrogens is 2. The van der Waals surface area contributed by atoms with Crippen LogP contribution in [0, 0.1) is 0 Å². The lowest BCUT2D eigenvalue weighted by molar-refractivity contribution is -0.274. The van der Waals surface area contributed by atoms with E-state index in [0.29, 0.717) is 18.3 Å². The van der Waals surface area contributed by atoms with Crippen molar-refractivity contribution in [2.24, 2.45) is 0 Å². The van der Waals surface area contributed by atoms with Gasteiger partial charge in [-0.2, -0.15) is 18.3 Å². The van der Waals surface area contributed by atoms with Gasteiger partial charge in [0, 0.05) is 5.56 Å². The molecule has 1 aromatic heterocycles. The Labute approximate surface area is 142 Å². The fourth-order valence-corrected chi connectivity index (χ4v) is 3.09. The summed E-state index contributed by atoms with van der Waals surface area (Å²) in [5, 5.41) is 4.60. The molecule has 0 fully saturated rings. The molecule has 0 spiro atoms. The van der Waals surface area contributed by atoms with E-state index in [1.807, 2.05) is 0 Å². The van der Waals surface area contributed by atoms with Gasteiger partial charge in [-0.1, -0.05) is 23.2 Å². The fourth-order valence-electron chi connectivity index (χ4n) is 1.70. The molecule has 0 aliphatic rings. The minimum absolute atomic E-state index is 0.294. The van der Waals surface area contributed by atoms with Crippen molar-refractivity contribution in [2.75, 3.05) is 0 Å². The van der Waals surface area contributed by atoms with Crippen LogP contribution in [0.3, 0.4) is 0 Å². The highest BCUT2D eigenvalue weighted by atomic mass is 35.5. The van der Waals surface area contributed by atoms with Crippen molar-refractivity contribution in [1.82, 2.24) is 10.2 Å². The maximum Gasteiger partial charge on any atom is 0.573 e. The summed E-state index contributed by atoms with van der Waals surface area (Å²) in [6, 6.07) is 1.41. The highest BCUT2D eigenvalue weighted by Gasteiger charge is 2.40. The number of nitrogens with one attached hydrogen (secondary N) is 1. The molecule has 0 aliphatic heterocycles. The zero-order valence-electron chi connectivity index (χ0n) is 10.9. The Bertz CT molecular complexity index is 767. The zero-order valence-corrected chi connectivity index (χ0v) is 13.3. The molecule has 0 radical (unpaired) electrons. The monoisotopic (exact) mass is 412 g/mol. The number of aromatic amines is 1. The van der Waals surface area contributed by atoms with Gasteiger partial charge in [-0.3, -0.25) is 5.10 Å². The van der Waals surface area contributed by atoms with E-state index in [4.69, 9.17) is 23.2 Å². The third kappa shape index (κ3) is 4.14. The molecule has 24 heavy (non-hydrogen) atoms. The van der Waals surface area contributed by atoms with Crippen LogP contribution < -0.4 is 4.74 Å². The number of rotatable bonds is 3. The van der Waals surface area contributed by atoms with Crippen LogP contribution in [-0.2, 0) is 10.8 Å². The lowest BCUT2D eigenvalue weighted by Gasteiger charge is -2.13. The number of ether oxygens (including phenoxy) is 1. The minimum Gasteiger partial charge on any atom is -0.406 e. The second kappa shape index (κ2) is 6.45. The molecular weight excluding hydrogens is 409 g/mol. The molecule has 0 aliphatic carbocycles. The summed E-state index contributed by atoms with van der Waals surface area (Å²) < 4.78 is 89.5. The van der Waals surface area contributed by atoms with Crippen molar-refractivity contribution in [2.45, 2.75) is 16.8 Å². The molecule has 13 heteroatoms. The van der Waals surface area contributed by atoms with Gasteiger partial charge in [0.1, 0.15) is 5.75 Å². The van der Waals surface area contributed by atoms with E-state index >= 15 is 0 Å². The van der Waals surface area contributed by atoms with Crippen molar-refractivity contribution in [3.05, 3.63) is 28.4 Å². The van der Waals surface area contributed by atoms with Gasteiger partial charge >= 0.3 is 11.9 Å². The molecule has 1 N–H and O–H groups in total. The van der Waals surface area contributed by atoms with Crippen molar-refractivity contribution in [3.8, 4) is 17.0 Å². The van der Waals surface area contributed by atoms with Crippen molar-refractivity contribution < 1.29 is 35.3 Å². The molecule has 1 atom stereocenters. The largest absolute Gasteiger partial charge is 0.573 e. The highest BCUT2D eigenvalue weighted by molar-refractivity contribution is 7.86. The van der Waals surface area contributed by atoms with Crippen LogP contribution in [0.2, 0.25) is 10.0 Å². The summed E-state index contributed by atoms with van der Waals surface area (Å²) >= 11 is 11.6. The number of nitrogens with zero attached hydrogens (tertiary/aromatic N) is 1. The first-order chi connectivity index (χ1) is 10.9. The van der Waals surface area contributed by atoms with Crippen LogP contribution in [0.15, 0.2) is 23.2 Å². The second-order valence-corrected chi connectivity index (χ2v) is 6.39. The van der Waals surface area contributed by atoms with E-state index in [1.54, 1.807) is 0 Å². The van der Waals surface area contributed by atoms with E-state index in [0.717, 1.165) is 0 Å². The Morgan fingerprint density at radius 1 is 1.08 bits per heavy atom. The average Bonchev–Trinajstić information content (AvgIpc) is 2.82. The van der Waals surface area contributed by atoms with Gasteiger partial charge in [0.2, 0.25) is 0 Å². The topological polar surface area (TPSA) is 55.0 Å². The van der Waals surface area contributed by atoms with Crippen LogP contribution >= 0.6 is 23.2 Å². The molecule has 1 heterocycles. The molecule has 0 bridgehead atoms. The first kappa shape index (κ1) is 18.9. The Kier molecular flexibility index (Phi) is 5.07. The van der Waals surface area contributed by atoms with Crippen molar-refractivity contribution >= 4 is 34.0 Å². The molecular formula is C11H4Cl2F6N2O2S. The molecule has 4 nitrogen and oxygen atoms in total. The lowest BCUT2D eigenvalue weighted by Crippen LogP contribution is -2.17. The van der Waals surface area contributed by atoms with Gasteiger partial charge in [0.15, 0.2) is 10.8 Å².